The predicted octanol–water partition coefficient (Wildman–Crippen LogP) is 4.19. The van der Waals surface area contributed by atoms with E-state index in [0.29, 0.717) is 0 Å². The normalized spacial score (nSPS) is 12.5. The first-order valence-corrected chi connectivity index (χ1v) is 8.45. The maximum Gasteiger partial charge on any atom is 0.157 e. The summed E-state index contributed by atoms with van der Waals surface area (Å²) in [5.74, 6) is 0. The molecule has 0 saturated heterocycles. The molecule has 0 radical (unpaired) electrons. The van der Waals surface area contributed by atoms with E-state index in [2.05, 4.69) is 47.6 Å². The van der Waals surface area contributed by atoms with Gasteiger partial charge in [-0.2, -0.15) is 0 Å². The quantitative estimate of drug-likeness (QED) is 0.784. The van der Waals surface area contributed by atoms with Crippen LogP contribution < -0.4 is 5.32 Å². The van der Waals surface area contributed by atoms with Crippen molar-refractivity contribution < 1.29 is 0 Å². The zero-order valence-electron chi connectivity index (χ0n) is 12.3. The lowest BCUT2D eigenvalue weighted by atomic mass is 10.1. The van der Waals surface area contributed by atoms with Gasteiger partial charge in [-0.15, -0.1) is 21.5 Å². The molecule has 0 aliphatic rings. The molecule has 21 heavy (non-hydrogen) atoms. The molecule has 1 N–H and O–H groups in total. The third-order valence-electron chi connectivity index (χ3n) is 3.49. The van der Waals surface area contributed by atoms with Crippen LogP contribution in [-0.4, -0.2) is 17.2 Å². The summed E-state index contributed by atoms with van der Waals surface area (Å²) in [6, 6.07) is 12.6. The molecule has 108 valence electrons. The van der Waals surface area contributed by atoms with Crippen molar-refractivity contribution in [2.75, 3.05) is 7.05 Å². The fourth-order valence-electron chi connectivity index (χ4n) is 2.21. The Morgan fingerprint density at radius 3 is 2.43 bits per heavy atom. The summed E-state index contributed by atoms with van der Waals surface area (Å²) in [5.41, 5.74) is 2.53. The van der Waals surface area contributed by atoms with Crippen molar-refractivity contribution >= 4 is 22.7 Å². The molecule has 2 heterocycles. The molecule has 0 amide bonds. The molecule has 0 bridgehead atoms. The van der Waals surface area contributed by atoms with Gasteiger partial charge in [-0.25, -0.2) is 0 Å². The molecule has 0 fully saturated rings. The largest absolute Gasteiger partial charge is 0.307 e. The number of nitrogens with zero attached hydrogens (tertiary/aromatic N) is 2. The van der Waals surface area contributed by atoms with E-state index >= 15 is 0 Å². The van der Waals surface area contributed by atoms with Crippen LogP contribution in [0.1, 0.15) is 27.1 Å². The summed E-state index contributed by atoms with van der Waals surface area (Å²) in [6.07, 6.45) is 0. The van der Waals surface area contributed by atoms with E-state index in [1.807, 2.05) is 25.2 Å². The first-order valence-electron chi connectivity index (χ1n) is 6.82. The first kappa shape index (κ1) is 14.4. The average Bonchev–Trinajstić information content (AvgIpc) is 3.09. The Bertz CT molecular complexity index is 712. The molecule has 0 aliphatic carbocycles. The molecule has 2 aromatic heterocycles. The fraction of sp³-hybridized carbons (Fsp3) is 0.250. The van der Waals surface area contributed by atoms with Crippen LogP contribution in [0.3, 0.4) is 0 Å². The van der Waals surface area contributed by atoms with Crippen molar-refractivity contribution in [2.45, 2.75) is 19.9 Å². The van der Waals surface area contributed by atoms with Crippen molar-refractivity contribution in [3.63, 3.8) is 0 Å². The fourth-order valence-corrected chi connectivity index (χ4v) is 4.26. The molecule has 0 spiro atoms. The van der Waals surface area contributed by atoms with Crippen LogP contribution in [0.15, 0.2) is 36.4 Å². The summed E-state index contributed by atoms with van der Waals surface area (Å²) in [6.45, 7) is 4.28. The molecular formula is C16H17N3S2. The summed E-state index contributed by atoms with van der Waals surface area (Å²) >= 11 is 3.44. The van der Waals surface area contributed by atoms with Gasteiger partial charge in [-0.05, 0) is 38.1 Å². The van der Waals surface area contributed by atoms with E-state index in [1.165, 1.54) is 20.9 Å². The molecule has 3 aromatic rings. The van der Waals surface area contributed by atoms with Gasteiger partial charge < -0.3 is 5.32 Å². The summed E-state index contributed by atoms with van der Waals surface area (Å²) in [5, 5.41) is 14.1. The minimum atomic E-state index is 0.0969. The summed E-state index contributed by atoms with van der Waals surface area (Å²) in [7, 11) is 1.96. The standard InChI is InChI=1S/C16H17N3S2/c1-10-9-13(20-11(10)2)15-18-19-16(21-15)14(17-3)12-7-5-4-6-8-12/h4-9,14,17H,1-3H3. The zero-order chi connectivity index (χ0) is 14.8. The van der Waals surface area contributed by atoms with E-state index in [0.717, 1.165) is 10.0 Å². The van der Waals surface area contributed by atoms with Gasteiger partial charge in [0, 0.05) is 4.88 Å². The zero-order valence-corrected chi connectivity index (χ0v) is 13.9. The molecule has 3 rings (SSSR count). The van der Waals surface area contributed by atoms with Crippen molar-refractivity contribution in [3.8, 4) is 9.88 Å². The van der Waals surface area contributed by atoms with Gasteiger partial charge in [0.15, 0.2) is 5.01 Å². The van der Waals surface area contributed by atoms with E-state index in [-0.39, 0.29) is 6.04 Å². The Hall–Kier alpha value is -1.56. The van der Waals surface area contributed by atoms with Gasteiger partial charge in [0.2, 0.25) is 0 Å². The van der Waals surface area contributed by atoms with E-state index in [9.17, 15) is 0 Å². The van der Waals surface area contributed by atoms with Crippen molar-refractivity contribution in [2.24, 2.45) is 0 Å². The number of rotatable bonds is 4. The lowest BCUT2D eigenvalue weighted by Gasteiger charge is -2.12. The second-order valence-corrected chi connectivity index (χ2v) is 7.19. The van der Waals surface area contributed by atoms with Crippen molar-refractivity contribution in [3.05, 3.63) is 57.4 Å². The topological polar surface area (TPSA) is 37.8 Å². The van der Waals surface area contributed by atoms with E-state index in [4.69, 9.17) is 0 Å². The third-order valence-corrected chi connectivity index (χ3v) is 5.80. The van der Waals surface area contributed by atoms with Gasteiger partial charge in [0.25, 0.3) is 0 Å². The lowest BCUT2D eigenvalue weighted by Crippen LogP contribution is -2.17. The highest BCUT2D eigenvalue weighted by Gasteiger charge is 2.18. The summed E-state index contributed by atoms with van der Waals surface area (Å²) < 4.78 is 0. The second kappa shape index (κ2) is 6.05. The summed E-state index contributed by atoms with van der Waals surface area (Å²) in [4.78, 5) is 2.55. The maximum absolute atomic E-state index is 4.39. The van der Waals surface area contributed by atoms with E-state index in [1.54, 1.807) is 22.7 Å². The monoisotopic (exact) mass is 315 g/mol. The van der Waals surface area contributed by atoms with Gasteiger partial charge in [-0.3, -0.25) is 0 Å². The van der Waals surface area contributed by atoms with Crippen molar-refractivity contribution in [1.82, 2.24) is 15.5 Å². The van der Waals surface area contributed by atoms with Gasteiger partial charge in [-0.1, -0.05) is 41.7 Å². The second-order valence-electron chi connectivity index (χ2n) is 4.93. The van der Waals surface area contributed by atoms with Crippen LogP contribution in [0.5, 0.6) is 0 Å². The molecule has 1 atom stereocenters. The number of benzene rings is 1. The molecular weight excluding hydrogens is 298 g/mol. The number of aryl methyl sites for hydroxylation is 2. The Morgan fingerprint density at radius 2 is 1.81 bits per heavy atom. The van der Waals surface area contributed by atoms with Gasteiger partial charge >= 0.3 is 0 Å². The highest BCUT2D eigenvalue weighted by Crippen LogP contribution is 2.35. The molecule has 3 nitrogen and oxygen atoms in total. The number of aromatic nitrogens is 2. The number of thiophene rings is 1. The Balaban J connectivity index is 1.93. The third kappa shape index (κ3) is 2.90. The smallest absolute Gasteiger partial charge is 0.157 e. The molecule has 1 aromatic carbocycles. The number of hydrogen-bond acceptors (Lipinski definition) is 5. The molecule has 5 heteroatoms. The van der Waals surface area contributed by atoms with Gasteiger partial charge in [0.05, 0.1) is 10.9 Å². The highest BCUT2D eigenvalue weighted by atomic mass is 32.1. The van der Waals surface area contributed by atoms with Crippen LogP contribution in [0.4, 0.5) is 0 Å². The first-order chi connectivity index (χ1) is 10.2. The lowest BCUT2D eigenvalue weighted by molar-refractivity contribution is 0.678. The average molecular weight is 315 g/mol. The van der Waals surface area contributed by atoms with Gasteiger partial charge in [0.1, 0.15) is 5.01 Å². The molecule has 0 saturated carbocycles. The Labute approximate surface area is 132 Å². The Morgan fingerprint density at radius 1 is 1.05 bits per heavy atom. The van der Waals surface area contributed by atoms with Crippen molar-refractivity contribution in [1.29, 1.82) is 0 Å². The SMILES string of the molecule is CNC(c1ccccc1)c1nnc(-c2cc(C)c(C)s2)s1. The van der Waals surface area contributed by atoms with E-state index < -0.39 is 0 Å². The minimum Gasteiger partial charge on any atom is -0.307 e. The molecule has 0 aliphatic heterocycles. The molecule has 1 unspecified atom stereocenters. The van der Waals surface area contributed by atoms with Crippen LogP contribution >= 0.6 is 22.7 Å². The van der Waals surface area contributed by atoms with Crippen LogP contribution in [-0.2, 0) is 0 Å². The highest BCUT2D eigenvalue weighted by molar-refractivity contribution is 7.21. The number of hydrogen-bond donors (Lipinski definition) is 1. The van der Waals surface area contributed by atoms with Crippen LogP contribution in [0.2, 0.25) is 0 Å². The minimum absolute atomic E-state index is 0.0969. The predicted molar refractivity (Wildman–Crippen MR) is 90.0 cm³/mol. The van der Waals surface area contributed by atoms with Crippen LogP contribution in [0, 0.1) is 13.8 Å². The maximum atomic E-state index is 4.39. The Kier molecular flexibility index (Phi) is 4.14. The van der Waals surface area contributed by atoms with Crippen LogP contribution in [0.25, 0.3) is 9.88 Å². The number of nitrogens with one attached hydrogen (secondary N) is 1.